The summed E-state index contributed by atoms with van der Waals surface area (Å²) >= 11 is 0. The number of aromatic nitrogens is 24. The zero-order chi connectivity index (χ0) is 54.6. The minimum atomic E-state index is -6.00. The van der Waals surface area contributed by atoms with Crippen LogP contribution in [0.1, 0.15) is 13.8 Å². The van der Waals surface area contributed by atoms with Crippen LogP contribution < -0.4 is 0 Å². The van der Waals surface area contributed by atoms with E-state index >= 15 is 0 Å². The summed E-state index contributed by atoms with van der Waals surface area (Å²) in [5, 5.41) is 123. The van der Waals surface area contributed by atoms with E-state index in [2.05, 4.69) is 93.2 Å². The first kappa shape index (κ1) is 70.3. The fourth-order valence-corrected chi connectivity index (χ4v) is 2.35. The zero-order valence-corrected chi connectivity index (χ0v) is 36.1. The molecule has 49 heteroatoms. The number of nitriles is 2. The summed E-state index contributed by atoms with van der Waals surface area (Å²) in [6, 6.07) is 3.50. The maximum atomic E-state index is 9.95. The van der Waals surface area contributed by atoms with Gasteiger partial charge in [0.2, 0.25) is 0 Å². The molecule has 0 aliphatic rings. The van der Waals surface area contributed by atoms with Crippen molar-refractivity contribution in [3.8, 4) is 12.1 Å². The van der Waals surface area contributed by atoms with Crippen molar-refractivity contribution in [2.45, 2.75) is 53.1 Å². The molecule has 0 radical (unpaired) electrons. The van der Waals surface area contributed by atoms with Gasteiger partial charge in [-0.15, -0.1) is 30.6 Å². The average Bonchev–Trinajstić information content (AvgIpc) is 4.05. The number of tetrazole rings is 6. The van der Waals surface area contributed by atoms with E-state index in [4.69, 9.17) is 41.2 Å². The van der Waals surface area contributed by atoms with Crippen LogP contribution in [0, 0.1) is 22.7 Å². The zero-order valence-electron chi connectivity index (χ0n) is 35.0. The van der Waals surface area contributed by atoms with E-state index < -0.39 is 50.3 Å². The van der Waals surface area contributed by atoms with Crippen LogP contribution in [0.3, 0.4) is 0 Å². The number of aliphatic carboxylic acids is 6. The molecule has 390 valence electrons. The van der Waals surface area contributed by atoms with Crippen molar-refractivity contribution in [3.63, 3.8) is 0 Å². The maximum absolute atomic E-state index is 9.95. The minimum Gasteiger partial charge on any atom is -0.480 e. The summed E-state index contributed by atoms with van der Waals surface area (Å²) in [5.41, 5.74) is 0. The molecule has 6 rings (SSSR count). The largest absolute Gasteiger partial charge is 2.00 e. The van der Waals surface area contributed by atoms with Crippen molar-refractivity contribution < 1.29 is 111 Å². The van der Waals surface area contributed by atoms with Gasteiger partial charge in [0, 0.05) is 13.8 Å². The third-order valence-corrected chi connectivity index (χ3v) is 4.13. The molecule has 6 aromatic heterocycles. The smallest absolute Gasteiger partial charge is 0.480 e. The quantitative estimate of drug-likeness (QED) is 0.0505. The third-order valence-electron chi connectivity index (χ3n) is 4.13. The van der Waals surface area contributed by atoms with Crippen molar-refractivity contribution >= 4 is 50.3 Å². The number of hydrogen-bond acceptors (Lipinski definition) is 26. The van der Waals surface area contributed by atoms with E-state index in [1.807, 2.05) is 0 Å². The van der Waals surface area contributed by atoms with Crippen molar-refractivity contribution in [2.24, 2.45) is 0 Å². The van der Waals surface area contributed by atoms with E-state index in [0.717, 1.165) is 28.1 Å². The van der Waals surface area contributed by atoms with Gasteiger partial charge in [0.05, 0.1) is 12.1 Å². The monoisotopic (exact) mass is 1080 g/mol. The molecule has 0 saturated carbocycles. The van der Waals surface area contributed by atoms with Gasteiger partial charge in [-0.2, -0.15) is 10.5 Å². The number of nitrogens with zero attached hydrogens (tertiary/aromatic N) is 26. The Morgan fingerprint density at radius 1 is 0.380 bits per heavy atom. The first-order chi connectivity index (χ1) is 32.6. The minimum absolute atomic E-state index is 0. The molecule has 0 bridgehead atoms. The topological polar surface area (TPSA) is 533 Å². The van der Waals surface area contributed by atoms with Crippen LogP contribution in [0.2, 0.25) is 0 Å². The number of rotatable bonds is 12. The molecule has 0 spiro atoms. The molecule has 6 aromatic rings. The van der Waals surface area contributed by atoms with Gasteiger partial charge in [0.15, 0.2) is 0 Å². The third kappa shape index (κ3) is 64.7. The Kier molecular flexibility index (Phi) is 42.5. The van der Waals surface area contributed by atoms with Crippen molar-refractivity contribution in [1.82, 2.24) is 121 Å². The molecule has 0 fully saturated rings. The van der Waals surface area contributed by atoms with Crippen LogP contribution in [0.5, 0.6) is 0 Å². The second-order valence-electron chi connectivity index (χ2n) is 9.84. The van der Waals surface area contributed by atoms with Gasteiger partial charge in [0.1, 0.15) is 77.2 Å². The Bertz CT molecular complexity index is 1930. The molecule has 0 amide bonds. The molecule has 0 aromatic carbocycles. The molecular weight excluding hydrogens is 1050 g/mol. The molecule has 6 heterocycles. The fourth-order valence-electron chi connectivity index (χ4n) is 2.35. The normalized spacial score (nSPS) is 9.01. The second kappa shape index (κ2) is 42.9. The number of carbonyl (C=O) groups is 6. The molecule has 0 aliphatic heterocycles. The fraction of sp³-hybridized carbons (Fsp3) is 0.364. The van der Waals surface area contributed by atoms with Gasteiger partial charge < -0.3 is 65.2 Å². The standard InChI is InChI=1S/6C3H4N4O2.2C2H3N.2BF4.Fe/c6*8-3(9)1-7-2-4-5-6-7;2*1-2-3;2*2-1(3,4)5;/h6*2H,1H2,(H,8,9);2*1H3;;;/q;;;;;;;;2*-1;+2. The van der Waals surface area contributed by atoms with Crippen LogP contribution in [0.15, 0.2) is 38.0 Å². The van der Waals surface area contributed by atoms with Crippen molar-refractivity contribution in [2.75, 3.05) is 0 Å². The first-order valence-electron chi connectivity index (χ1n) is 16.5. The van der Waals surface area contributed by atoms with Crippen LogP contribution in [0.4, 0.5) is 34.5 Å². The van der Waals surface area contributed by atoms with E-state index in [9.17, 15) is 63.3 Å². The Hall–Kier alpha value is -9.69. The van der Waals surface area contributed by atoms with Gasteiger partial charge in [-0.1, -0.05) is 0 Å². The Balaban J connectivity index is -0.000000231. The number of hydrogen-bond donors (Lipinski definition) is 6. The summed E-state index contributed by atoms with van der Waals surface area (Å²) in [4.78, 5) is 59.7. The van der Waals surface area contributed by atoms with Gasteiger partial charge >= 0.3 is 67.4 Å². The molecule has 0 atom stereocenters. The number of carboxylic acids is 6. The summed E-state index contributed by atoms with van der Waals surface area (Å²) in [6.45, 7) is 1.74. The summed E-state index contributed by atoms with van der Waals surface area (Å²) < 4.78 is 84.8. The summed E-state index contributed by atoms with van der Waals surface area (Å²) in [5.74, 6) is -5.74. The van der Waals surface area contributed by atoms with E-state index in [-0.39, 0.29) is 56.3 Å². The molecule has 0 unspecified atom stereocenters. The first-order valence-corrected chi connectivity index (χ1v) is 16.5. The Morgan fingerprint density at radius 2 is 0.479 bits per heavy atom. The van der Waals surface area contributed by atoms with Crippen LogP contribution >= 0.6 is 0 Å². The molecule has 6 N–H and O–H groups in total. The van der Waals surface area contributed by atoms with Crippen molar-refractivity contribution in [1.29, 1.82) is 10.5 Å². The van der Waals surface area contributed by atoms with Gasteiger partial charge in [-0.05, 0) is 62.6 Å². The number of halogens is 8. The van der Waals surface area contributed by atoms with E-state index in [1.165, 1.54) is 51.8 Å². The predicted molar refractivity (Wildman–Crippen MR) is 196 cm³/mol. The van der Waals surface area contributed by atoms with Crippen LogP contribution in [-0.4, -0.2) is 202 Å². The predicted octanol–water partition coefficient (Wildman–Crippen LogP) is -3.80. The Labute approximate surface area is 396 Å². The molecule has 0 aliphatic carbocycles. The molecule has 0 saturated heterocycles. The maximum Gasteiger partial charge on any atom is 2.00 e. The summed E-state index contributed by atoms with van der Waals surface area (Å²) in [6.07, 6.45) is 7.46. The SMILES string of the molecule is CC#N.CC#N.F[B-](F)(F)F.F[B-](F)(F)F.O=C(O)Cn1cnnn1.O=C(O)Cn1cnnn1.O=C(O)Cn1cnnn1.O=C(O)Cn1cnnn1.O=C(O)Cn1cnnn1.O=C(O)Cn1cnnn1.[Fe+2]. The van der Waals surface area contributed by atoms with Gasteiger partial charge in [-0.25, -0.2) is 28.1 Å². The molecule has 38 nitrogen and oxygen atoms in total. The van der Waals surface area contributed by atoms with Gasteiger partial charge in [0.25, 0.3) is 0 Å². The van der Waals surface area contributed by atoms with Crippen molar-refractivity contribution in [3.05, 3.63) is 38.0 Å². The summed E-state index contributed by atoms with van der Waals surface area (Å²) in [7, 11) is -12.0. The second-order valence-corrected chi connectivity index (χ2v) is 9.84. The van der Waals surface area contributed by atoms with E-state index in [0.29, 0.717) is 0 Å². The van der Waals surface area contributed by atoms with Crippen LogP contribution in [-0.2, 0) is 85.1 Å². The van der Waals surface area contributed by atoms with Gasteiger partial charge in [-0.3, -0.25) is 28.8 Å². The van der Waals surface area contributed by atoms with Crippen LogP contribution in [0.25, 0.3) is 0 Å². The molecule has 71 heavy (non-hydrogen) atoms. The van der Waals surface area contributed by atoms with E-state index in [1.54, 1.807) is 12.1 Å². The Morgan fingerprint density at radius 3 is 0.535 bits per heavy atom. The molecular formula is C22H30B2F8FeN26O12. The average molecular weight is 1080 g/mol. The number of carboxylic acid groups (broad SMARTS) is 6.